The summed E-state index contributed by atoms with van der Waals surface area (Å²) < 4.78 is 56.5. The van der Waals surface area contributed by atoms with Gasteiger partial charge in [0.1, 0.15) is 5.75 Å². The van der Waals surface area contributed by atoms with Gasteiger partial charge in [-0.3, -0.25) is 9.69 Å². The van der Waals surface area contributed by atoms with Gasteiger partial charge in [-0.15, -0.1) is 0 Å². The van der Waals surface area contributed by atoms with Crippen LogP contribution in [0.2, 0.25) is 0 Å². The summed E-state index contributed by atoms with van der Waals surface area (Å²) in [4.78, 5) is 15.2. The topological polar surface area (TPSA) is 101 Å². The van der Waals surface area contributed by atoms with Crippen LogP contribution in [0.4, 0.5) is 0 Å². The molecule has 2 saturated heterocycles. The summed E-state index contributed by atoms with van der Waals surface area (Å²) in [5.74, 6) is -0.00383. The molecule has 2 fully saturated rings. The fraction of sp³-hybridized carbons (Fsp3) is 0.611. The Balaban J connectivity index is 1.90. The minimum atomic E-state index is -3.84. The van der Waals surface area contributed by atoms with Crippen molar-refractivity contribution in [3.63, 3.8) is 0 Å². The third kappa shape index (κ3) is 4.04. The van der Waals surface area contributed by atoms with E-state index < -0.39 is 31.0 Å². The molecular weight excluding hydrogens is 404 g/mol. The monoisotopic (exact) mass is 430 g/mol. The summed E-state index contributed by atoms with van der Waals surface area (Å²) in [5.41, 5.74) is 0.677. The van der Waals surface area contributed by atoms with Crippen molar-refractivity contribution in [1.29, 1.82) is 0 Å². The lowest BCUT2D eigenvalue weighted by molar-refractivity contribution is -0.130. The van der Waals surface area contributed by atoms with Crippen molar-refractivity contribution < 1.29 is 26.4 Å². The van der Waals surface area contributed by atoms with E-state index in [9.17, 15) is 21.6 Å². The first-order chi connectivity index (χ1) is 13.0. The van der Waals surface area contributed by atoms with Crippen LogP contribution in [0.5, 0.6) is 5.75 Å². The predicted molar refractivity (Wildman–Crippen MR) is 105 cm³/mol. The Bertz CT molecular complexity index is 966. The zero-order valence-corrected chi connectivity index (χ0v) is 17.9. The van der Waals surface area contributed by atoms with Crippen LogP contribution < -0.4 is 4.74 Å². The predicted octanol–water partition coefficient (Wildman–Crippen LogP) is 0.107. The van der Waals surface area contributed by atoms with Gasteiger partial charge < -0.3 is 9.64 Å². The number of ether oxygens (including phenoxy) is 1. The summed E-state index contributed by atoms with van der Waals surface area (Å²) in [6, 6.07) is 3.99. The van der Waals surface area contributed by atoms with Crippen molar-refractivity contribution in [3.05, 3.63) is 23.8 Å². The minimum absolute atomic E-state index is 0.0310. The smallest absolute Gasteiger partial charge is 0.219 e. The van der Waals surface area contributed by atoms with E-state index in [1.54, 1.807) is 17.9 Å². The molecule has 0 aliphatic carbocycles. The van der Waals surface area contributed by atoms with E-state index in [1.807, 2.05) is 4.90 Å². The normalized spacial score (nSPS) is 25.6. The summed E-state index contributed by atoms with van der Waals surface area (Å²) >= 11 is 0. The number of aryl methyl sites for hydroxylation is 1. The number of carbonyl (C=O) groups is 1. The van der Waals surface area contributed by atoms with Gasteiger partial charge in [0.15, 0.2) is 19.7 Å². The maximum Gasteiger partial charge on any atom is 0.219 e. The van der Waals surface area contributed by atoms with E-state index in [0.29, 0.717) is 37.5 Å². The lowest BCUT2D eigenvalue weighted by atomic mass is 10.2. The summed E-state index contributed by atoms with van der Waals surface area (Å²) in [5, 5.41) is -1.02. The SMILES string of the molecule is COc1ccc(S(=O)(=O)[C@H]2CS(=O)(=O)C[C@@H]2N2CCN(C(C)=O)CC2)cc1C. The van der Waals surface area contributed by atoms with E-state index in [2.05, 4.69) is 0 Å². The van der Waals surface area contributed by atoms with Gasteiger partial charge in [-0.25, -0.2) is 16.8 Å². The van der Waals surface area contributed by atoms with Gasteiger partial charge in [-0.05, 0) is 30.7 Å². The number of sulfone groups is 2. The Morgan fingerprint density at radius 1 is 1.14 bits per heavy atom. The number of amides is 1. The molecule has 2 aliphatic heterocycles. The number of nitrogens with zero attached hydrogens (tertiary/aromatic N) is 2. The van der Waals surface area contributed by atoms with Crippen molar-refractivity contribution in [2.45, 2.75) is 30.0 Å². The standard InChI is InChI=1S/C18H26N2O6S2/c1-13-10-15(4-5-17(13)26-3)28(24,25)18-12-27(22,23)11-16(18)20-8-6-19(7-9-20)14(2)21/h4-5,10,16,18H,6-9,11-12H2,1-3H3/t16-,18-/m0/s1. The van der Waals surface area contributed by atoms with E-state index in [4.69, 9.17) is 4.74 Å². The Morgan fingerprint density at radius 3 is 2.32 bits per heavy atom. The molecule has 0 aromatic heterocycles. The molecule has 28 heavy (non-hydrogen) atoms. The number of carbonyl (C=O) groups excluding carboxylic acids is 1. The molecule has 0 N–H and O–H groups in total. The second-order valence-electron chi connectivity index (χ2n) is 7.40. The van der Waals surface area contributed by atoms with Crippen LogP contribution in [0.25, 0.3) is 0 Å². The Kier molecular flexibility index (Phi) is 5.75. The van der Waals surface area contributed by atoms with Gasteiger partial charge in [0.05, 0.1) is 28.8 Å². The molecule has 1 aromatic carbocycles. The summed E-state index contributed by atoms with van der Waals surface area (Å²) in [6.45, 7) is 5.12. The van der Waals surface area contributed by atoms with Gasteiger partial charge in [0.25, 0.3) is 0 Å². The number of methoxy groups -OCH3 is 1. The number of piperazine rings is 1. The molecule has 156 valence electrons. The van der Waals surface area contributed by atoms with Gasteiger partial charge in [-0.1, -0.05) is 0 Å². The number of rotatable bonds is 4. The Labute approximate surface area is 166 Å². The molecule has 10 heteroatoms. The van der Waals surface area contributed by atoms with Crippen LogP contribution in [0, 0.1) is 6.92 Å². The van der Waals surface area contributed by atoms with Crippen molar-refractivity contribution >= 4 is 25.6 Å². The zero-order chi connectivity index (χ0) is 20.7. The Morgan fingerprint density at radius 2 is 1.79 bits per heavy atom. The Hall–Kier alpha value is -1.65. The maximum absolute atomic E-state index is 13.3. The largest absolute Gasteiger partial charge is 0.496 e. The van der Waals surface area contributed by atoms with Crippen LogP contribution in [0.3, 0.4) is 0 Å². The van der Waals surface area contributed by atoms with Crippen LogP contribution in [-0.4, -0.2) is 88.6 Å². The van der Waals surface area contributed by atoms with Gasteiger partial charge in [0.2, 0.25) is 5.91 Å². The molecule has 0 saturated carbocycles. The second kappa shape index (κ2) is 7.64. The van der Waals surface area contributed by atoms with Crippen molar-refractivity contribution in [2.75, 3.05) is 44.8 Å². The molecule has 0 unspecified atom stereocenters. The first-order valence-electron chi connectivity index (χ1n) is 9.13. The van der Waals surface area contributed by atoms with E-state index in [0.717, 1.165) is 0 Å². The fourth-order valence-electron chi connectivity index (χ4n) is 4.00. The molecule has 2 atom stereocenters. The molecule has 1 aromatic rings. The van der Waals surface area contributed by atoms with E-state index >= 15 is 0 Å². The van der Waals surface area contributed by atoms with Crippen LogP contribution in [0.15, 0.2) is 23.1 Å². The third-order valence-electron chi connectivity index (χ3n) is 5.59. The van der Waals surface area contributed by atoms with Crippen molar-refractivity contribution in [3.8, 4) is 5.75 Å². The molecule has 8 nitrogen and oxygen atoms in total. The molecule has 0 spiro atoms. The first-order valence-corrected chi connectivity index (χ1v) is 12.5. The summed E-state index contributed by atoms with van der Waals surface area (Å²) in [6.07, 6.45) is 0. The highest BCUT2D eigenvalue weighted by molar-refractivity contribution is 7.96. The van der Waals surface area contributed by atoms with Gasteiger partial charge >= 0.3 is 0 Å². The van der Waals surface area contributed by atoms with Crippen molar-refractivity contribution in [2.24, 2.45) is 0 Å². The lowest BCUT2D eigenvalue weighted by Crippen LogP contribution is -2.55. The zero-order valence-electron chi connectivity index (χ0n) is 16.3. The van der Waals surface area contributed by atoms with Gasteiger partial charge in [0, 0.05) is 39.1 Å². The average Bonchev–Trinajstić information content (AvgIpc) is 2.98. The number of benzene rings is 1. The molecule has 1 amide bonds. The lowest BCUT2D eigenvalue weighted by Gasteiger charge is -2.39. The van der Waals surface area contributed by atoms with E-state index in [1.165, 1.54) is 26.2 Å². The molecule has 0 radical (unpaired) electrons. The second-order valence-corrected chi connectivity index (χ2v) is 11.7. The molecular formula is C18H26N2O6S2. The third-order valence-corrected chi connectivity index (χ3v) is 9.71. The van der Waals surface area contributed by atoms with Crippen LogP contribution >= 0.6 is 0 Å². The summed E-state index contributed by atoms with van der Waals surface area (Å²) in [7, 11) is -5.80. The first kappa shape index (κ1) is 21.1. The van der Waals surface area contributed by atoms with Crippen molar-refractivity contribution in [1.82, 2.24) is 9.80 Å². The highest BCUT2D eigenvalue weighted by Gasteiger charge is 2.48. The van der Waals surface area contributed by atoms with Crippen LogP contribution in [0.1, 0.15) is 12.5 Å². The van der Waals surface area contributed by atoms with E-state index in [-0.39, 0.29) is 22.3 Å². The molecule has 3 rings (SSSR count). The minimum Gasteiger partial charge on any atom is -0.496 e. The number of hydrogen-bond donors (Lipinski definition) is 0. The fourth-order valence-corrected chi connectivity index (χ4v) is 8.92. The maximum atomic E-state index is 13.3. The van der Waals surface area contributed by atoms with Crippen LogP contribution in [-0.2, 0) is 24.5 Å². The highest BCUT2D eigenvalue weighted by Crippen LogP contribution is 2.31. The molecule has 0 bridgehead atoms. The highest BCUT2D eigenvalue weighted by atomic mass is 32.2. The van der Waals surface area contributed by atoms with Gasteiger partial charge in [-0.2, -0.15) is 0 Å². The quantitative estimate of drug-likeness (QED) is 0.668. The molecule has 2 aliphatic rings. The average molecular weight is 431 g/mol. The molecule has 2 heterocycles. The number of hydrogen-bond acceptors (Lipinski definition) is 7.